The van der Waals surface area contributed by atoms with Crippen molar-refractivity contribution in [2.24, 2.45) is 4.99 Å². The van der Waals surface area contributed by atoms with Crippen LogP contribution in [0.1, 0.15) is 5.56 Å². The summed E-state index contributed by atoms with van der Waals surface area (Å²) in [6.07, 6.45) is 1.82. The zero-order valence-corrected chi connectivity index (χ0v) is 17.0. The second-order valence-electron chi connectivity index (χ2n) is 5.50. The second-order valence-corrected chi connectivity index (χ2v) is 7.67. The SMILES string of the molecule is COCCN1C(=O)/C(=C/c2ccc(O)c(I)c2)SC1=Nc1ccccc1. The van der Waals surface area contributed by atoms with Crippen LogP contribution in [0.3, 0.4) is 0 Å². The van der Waals surface area contributed by atoms with Crippen molar-refractivity contribution in [3.8, 4) is 5.75 Å². The van der Waals surface area contributed by atoms with Crippen LogP contribution in [0, 0.1) is 3.57 Å². The molecule has 0 aromatic heterocycles. The molecule has 1 aliphatic rings. The fourth-order valence-corrected chi connectivity index (χ4v) is 3.91. The van der Waals surface area contributed by atoms with E-state index in [2.05, 4.69) is 27.6 Å². The van der Waals surface area contributed by atoms with Crippen molar-refractivity contribution >= 4 is 57.2 Å². The number of carbonyl (C=O) groups excluding carboxylic acids is 1. The molecule has 0 radical (unpaired) electrons. The molecule has 0 unspecified atom stereocenters. The third-order valence-electron chi connectivity index (χ3n) is 3.66. The number of halogens is 1. The minimum absolute atomic E-state index is 0.0928. The monoisotopic (exact) mass is 480 g/mol. The number of phenols is 1. The predicted octanol–water partition coefficient (Wildman–Crippen LogP) is 4.25. The van der Waals surface area contributed by atoms with Gasteiger partial charge in [-0.05, 0) is 70.3 Å². The van der Waals surface area contributed by atoms with Gasteiger partial charge in [-0.2, -0.15) is 0 Å². The normalized spacial score (nSPS) is 17.5. The van der Waals surface area contributed by atoms with Crippen molar-refractivity contribution in [3.05, 3.63) is 62.6 Å². The van der Waals surface area contributed by atoms with Crippen molar-refractivity contribution < 1.29 is 14.6 Å². The molecular weight excluding hydrogens is 463 g/mol. The number of carbonyl (C=O) groups is 1. The second kappa shape index (κ2) is 8.70. The molecule has 1 amide bonds. The molecule has 2 aromatic carbocycles. The van der Waals surface area contributed by atoms with E-state index in [4.69, 9.17) is 4.74 Å². The minimum Gasteiger partial charge on any atom is -0.507 e. The Bertz CT molecular complexity index is 868. The quantitative estimate of drug-likeness (QED) is 0.514. The van der Waals surface area contributed by atoms with Gasteiger partial charge in [0.05, 0.1) is 27.3 Å². The standard InChI is InChI=1S/C19H17IN2O3S/c1-25-10-9-22-18(24)17(12-13-7-8-16(23)15(20)11-13)26-19(22)21-14-5-3-2-4-6-14/h2-8,11-12,23H,9-10H2,1H3/b17-12-,21-19?. The van der Waals surface area contributed by atoms with Crippen LogP contribution in [0.4, 0.5) is 5.69 Å². The zero-order valence-electron chi connectivity index (χ0n) is 14.1. The van der Waals surface area contributed by atoms with E-state index >= 15 is 0 Å². The third-order valence-corrected chi connectivity index (χ3v) is 5.53. The van der Waals surface area contributed by atoms with Crippen molar-refractivity contribution in [1.29, 1.82) is 0 Å². The molecule has 1 saturated heterocycles. The Kier molecular flexibility index (Phi) is 6.33. The highest BCUT2D eigenvalue weighted by atomic mass is 127. The lowest BCUT2D eigenvalue weighted by molar-refractivity contribution is -0.122. The van der Waals surface area contributed by atoms with Crippen LogP contribution in [0.5, 0.6) is 5.75 Å². The van der Waals surface area contributed by atoms with E-state index in [1.54, 1.807) is 24.1 Å². The molecule has 7 heteroatoms. The molecule has 0 aliphatic carbocycles. The highest BCUT2D eigenvalue weighted by Gasteiger charge is 2.33. The van der Waals surface area contributed by atoms with Gasteiger partial charge in [0.15, 0.2) is 5.17 Å². The van der Waals surface area contributed by atoms with Gasteiger partial charge in [0.2, 0.25) is 0 Å². The van der Waals surface area contributed by atoms with Gasteiger partial charge >= 0.3 is 0 Å². The smallest absolute Gasteiger partial charge is 0.266 e. The Morgan fingerprint density at radius 1 is 1.27 bits per heavy atom. The van der Waals surface area contributed by atoms with Gasteiger partial charge in [0, 0.05) is 7.11 Å². The molecule has 0 atom stereocenters. The molecule has 1 N–H and O–H groups in total. The summed E-state index contributed by atoms with van der Waals surface area (Å²) >= 11 is 3.41. The molecule has 0 spiro atoms. The number of aliphatic imine (C=N–C) groups is 1. The molecule has 26 heavy (non-hydrogen) atoms. The van der Waals surface area contributed by atoms with Crippen molar-refractivity contribution in [3.63, 3.8) is 0 Å². The van der Waals surface area contributed by atoms with Gasteiger partial charge in [-0.1, -0.05) is 24.3 Å². The van der Waals surface area contributed by atoms with E-state index in [0.29, 0.717) is 23.2 Å². The number of amides is 1. The number of ether oxygens (including phenoxy) is 1. The number of nitrogens with zero attached hydrogens (tertiary/aromatic N) is 2. The topological polar surface area (TPSA) is 62.1 Å². The number of para-hydroxylation sites is 1. The van der Waals surface area contributed by atoms with Crippen molar-refractivity contribution in [2.75, 3.05) is 20.3 Å². The summed E-state index contributed by atoms with van der Waals surface area (Å²) < 4.78 is 5.86. The maximum Gasteiger partial charge on any atom is 0.266 e. The van der Waals surface area contributed by atoms with Crippen LogP contribution in [0.15, 0.2) is 58.4 Å². The number of hydrogen-bond acceptors (Lipinski definition) is 5. The average Bonchev–Trinajstić information content (AvgIpc) is 2.92. The van der Waals surface area contributed by atoms with Crippen molar-refractivity contribution in [1.82, 2.24) is 4.90 Å². The molecule has 134 valence electrons. The Hall–Kier alpha value is -1.84. The van der Waals surface area contributed by atoms with Gasteiger partial charge in [-0.3, -0.25) is 9.69 Å². The Morgan fingerprint density at radius 3 is 2.73 bits per heavy atom. The number of phenolic OH excluding ortho intramolecular Hbond substituents is 1. The molecule has 0 bridgehead atoms. The molecule has 0 saturated carbocycles. The summed E-state index contributed by atoms with van der Waals surface area (Å²) in [5.41, 5.74) is 1.65. The van der Waals surface area contributed by atoms with Gasteiger partial charge in [-0.25, -0.2) is 4.99 Å². The van der Waals surface area contributed by atoms with Crippen LogP contribution < -0.4 is 0 Å². The fourth-order valence-electron chi connectivity index (χ4n) is 2.35. The van der Waals surface area contributed by atoms with E-state index < -0.39 is 0 Å². The first-order valence-corrected chi connectivity index (χ1v) is 9.80. The number of thioether (sulfide) groups is 1. The first kappa shape index (κ1) is 18.9. The minimum atomic E-state index is -0.0928. The first-order chi connectivity index (χ1) is 12.6. The van der Waals surface area contributed by atoms with Crippen molar-refractivity contribution in [2.45, 2.75) is 0 Å². The summed E-state index contributed by atoms with van der Waals surface area (Å²) in [5, 5.41) is 10.3. The molecule has 1 fully saturated rings. The van der Waals surface area contributed by atoms with E-state index in [0.717, 1.165) is 14.8 Å². The lowest BCUT2D eigenvalue weighted by atomic mass is 10.2. The van der Waals surface area contributed by atoms with Crippen LogP contribution in [0.2, 0.25) is 0 Å². The maximum atomic E-state index is 12.8. The molecule has 3 rings (SSSR count). The molecule has 2 aromatic rings. The number of rotatable bonds is 5. The van der Waals surface area contributed by atoms with Crippen LogP contribution in [0.25, 0.3) is 6.08 Å². The lowest BCUT2D eigenvalue weighted by Gasteiger charge is -2.14. The van der Waals surface area contributed by atoms with E-state index in [1.165, 1.54) is 11.8 Å². The molecule has 5 nitrogen and oxygen atoms in total. The van der Waals surface area contributed by atoms with Gasteiger partial charge in [0.1, 0.15) is 5.75 Å². The Labute approximate surface area is 169 Å². The molecule has 1 heterocycles. The number of amidine groups is 1. The van der Waals surface area contributed by atoms with E-state index in [1.807, 2.05) is 42.5 Å². The number of methoxy groups -OCH3 is 1. The van der Waals surface area contributed by atoms with Crippen LogP contribution in [-0.4, -0.2) is 41.3 Å². The highest BCUT2D eigenvalue weighted by molar-refractivity contribution is 14.1. The fraction of sp³-hybridized carbons (Fsp3) is 0.158. The zero-order chi connectivity index (χ0) is 18.5. The average molecular weight is 480 g/mol. The van der Waals surface area contributed by atoms with Gasteiger partial charge in [-0.15, -0.1) is 0 Å². The number of hydrogen-bond donors (Lipinski definition) is 1. The van der Waals surface area contributed by atoms with Gasteiger partial charge in [0.25, 0.3) is 5.91 Å². The van der Waals surface area contributed by atoms with Crippen LogP contribution in [-0.2, 0) is 9.53 Å². The lowest BCUT2D eigenvalue weighted by Crippen LogP contribution is -2.32. The largest absolute Gasteiger partial charge is 0.507 e. The Morgan fingerprint density at radius 2 is 2.04 bits per heavy atom. The molecule has 1 aliphatic heterocycles. The molecular formula is C19H17IN2O3S. The first-order valence-electron chi connectivity index (χ1n) is 7.91. The van der Waals surface area contributed by atoms with Crippen LogP contribution >= 0.6 is 34.4 Å². The van der Waals surface area contributed by atoms with Gasteiger partial charge < -0.3 is 9.84 Å². The summed E-state index contributed by atoms with van der Waals surface area (Å²) in [4.78, 5) is 19.7. The van der Waals surface area contributed by atoms with E-state index in [-0.39, 0.29) is 11.7 Å². The summed E-state index contributed by atoms with van der Waals surface area (Å²) in [5.74, 6) is 0.135. The summed E-state index contributed by atoms with van der Waals surface area (Å²) in [6.45, 7) is 0.878. The summed E-state index contributed by atoms with van der Waals surface area (Å²) in [7, 11) is 1.61. The summed E-state index contributed by atoms with van der Waals surface area (Å²) in [6, 6.07) is 14.8. The highest BCUT2D eigenvalue weighted by Crippen LogP contribution is 2.34. The maximum absolute atomic E-state index is 12.8. The van der Waals surface area contributed by atoms with E-state index in [9.17, 15) is 9.90 Å². The number of aromatic hydroxyl groups is 1. The Balaban J connectivity index is 1.93. The number of benzene rings is 2. The predicted molar refractivity (Wildman–Crippen MR) is 114 cm³/mol. The third kappa shape index (κ3) is 4.46.